The number of benzene rings is 1. The van der Waals surface area contributed by atoms with Gasteiger partial charge in [-0.3, -0.25) is 4.79 Å². The molecule has 20 heavy (non-hydrogen) atoms. The van der Waals surface area contributed by atoms with E-state index in [-0.39, 0.29) is 17.2 Å². The van der Waals surface area contributed by atoms with Gasteiger partial charge in [-0.2, -0.15) is 4.98 Å². The summed E-state index contributed by atoms with van der Waals surface area (Å²) < 4.78 is 5.01. The summed E-state index contributed by atoms with van der Waals surface area (Å²) in [5.41, 5.74) is -0.0635. The molecule has 2 heterocycles. The fourth-order valence-corrected chi connectivity index (χ4v) is 2.12. The molecule has 0 saturated heterocycles. The second-order valence-electron chi connectivity index (χ2n) is 4.24. The summed E-state index contributed by atoms with van der Waals surface area (Å²) in [7, 11) is 0. The SMILES string of the molecule is CCc1noc(-c2c(O)c3cc(Cl)ccc3[nH]c2=O)n1. The standard InChI is InChI=1S/C13H10ClN3O3/c1-2-9-16-13(20-17-9)10-11(18)7-5-6(14)3-4-8(7)15-12(10)19/h3-5H,2H2,1H3,(H2,15,18,19). The third kappa shape index (κ3) is 1.94. The van der Waals surface area contributed by atoms with Crippen molar-refractivity contribution in [2.24, 2.45) is 0 Å². The molecule has 3 rings (SSSR count). The molecule has 0 saturated carbocycles. The lowest BCUT2D eigenvalue weighted by atomic mass is 10.1. The van der Waals surface area contributed by atoms with Gasteiger partial charge in [-0.05, 0) is 18.2 Å². The number of pyridine rings is 1. The van der Waals surface area contributed by atoms with Crippen LogP contribution >= 0.6 is 11.6 Å². The zero-order valence-electron chi connectivity index (χ0n) is 10.5. The van der Waals surface area contributed by atoms with Gasteiger partial charge in [0.1, 0.15) is 11.3 Å². The van der Waals surface area contributed by atoms with Gasteiger partial charge >= 0.3 is 0 Å². The van der Waals surface area contributed by atoms with Crippen LogP contribution in [0.3, 0.4) is 0 Å². The lowest BCUT2D eigenvalue weighted by Gasteiger charge is -2.04. The number of aromatic nitrogens is 3. The Morgan fingerprint density at radius 2 is 2.25 bits per heavy atom. The maximum Gasteiger partial charge on any atom is 0.267 e. The minimum Gasteiger partial charge on any atom is -0.506 e. The molecule has 0 aliphatic carbocycles. The van der Waals surface area contributed by atoms with Gasteiger partial charge in [0, 0.05) is 16.8 Å². The summed E-state index contributed by atoms with van der Waals surface area (Å²) in [5, 5.41) is 14.9. The van der Waals surface area contributed by atoms with Crippen molar-refractivity contribution in [1.29, 1.82) is 0 Å². The smallest absolute Gasteiger partial charge is 0.267 e. The van der Waals surface area contributed by atoms with Crippen molar-refractivity contribution in [3.63, 3.8) is 0 Å². The average Bonchev–Trinajstić information content (AvgIpc) is 2.88. The number of nitrogens with zero attached hydrogens (tertiary/aromatic N) is 2. The topological polar surface area (TPSA) is 92.0 Å². The van der Waals surface area contributed by atoms with Crippen LogP contribution in [0.1, 0.15) is 12.7 Å². The van der Waals surface area contributed by atoms with E-state index < -0.39 is 5.56 Å². The minimum absolute atomic E-state index is 0.0116. The zero-order chi connectivity index (χ0) is 14.3. The van der Waals surface area contributed by atoms with Gasteiger partial charge in [0.25, 0.3) is 11.4 Å². The van der Waals surface area contributed by atoms with Crippen LogP contribution in [0, 0.1) is 0 Å². The largest absolute Gasteiger partial charge is 0.506 e. The van der Waals surface area contributed by atoms with Crippen molar-refractivity contribution in [2.75, 3.05) is 0 Å². The molecule has 3 aromatic rings. The van der Waals surface area contributed by atoms with E-state index >= 15 is 0 Å². The number of aromatic hydroxyl groups is 1. The van der Waals surface area contributed by atoms with Crippen molar-refractivity contribution >= 4 is 22.5 Å². The molecule has 2 N–H and O–H groups in total. The van der Waals surface area contributed by atoms with Gasteiger partial charge in [-0.1, -0.05) is 23.7 Å². The fourth-order valence-electron chi connectivity index (χ4n) is 1.95. The number of aromatic amines is 1. The van der Waals surface area contributed by atoms with Crippen LogP contribution in [-0.2, 0) is 6.42 Å². The van der Waals surface area contributed by atoms with E-state index in [0.29, 0.717) is 28.2 Å². The third-order valence-corrected chi connectivity index (χ3v) is 3.18. The van der Waals surface area contributed by atoms with Crippen LogP contribution in [0.2, 0.25) is 5.02 Å². The Hall–Kier alpha value is -2.34. The highest BCUT2D eigenvalue weighted by Gasteiger charge is 2.19. The summed E-state index contributed by atoms with van der Waals surface area (Å²) in [5.74, 6) is 0.227. The Labute approximate surface area is 118 Å². The number of aryl methyl sites for hydroxylation is 1. The van der Waals surface area contributed by atoms with Crippen LogP contribution in [0.25, 0.3) is 22.4 Å². The second-order valence-corrected chi connectivity index (χ2v) is 4.67. The van der Waals surface area contributed by atoms with Crippen molar-refractivity contribution in [2.45, 2.75) is 13.3 Å². The summed E-state index contributed by atoms with van der Waals surface area (Å²) in [6.07, 6.45) is 0.571. The van der Waals surface area contributed by atoms with Crippen LogP contribution in [-0.4, -0.2) is 20.2 Å². The van der Waals surface area contributed by atoms with Crippen LogP contribution in [0.5, 0.6) is 5.75 Å². The Morgan fingerprint density at radius 3 is 2.95 bits per heavy atom. The molecule has 0 bridgehead atoms. The molecule has 1 aromatic carbocycles. The lowest BCUT2D eigenvalue weighted by molar-refractivity contribution is 0.418. The first kappa shape index (κ1) is 12.7. The summed E-state index contributed by atoms with van der Waals surface area (Å²) in [6.45, 7) is 1.86. The van der Waals surface area contributed by atoms with Crippen molar-refractivity contribution in [1.82, 2.24) is 15.1 Å². The van der Waals surface area contributed by atoms with E-state index in [0.717, 1.165) is 0 Å². The van der Waals surface area contributed by atoms with E-state index in [2.05, 4.69) is 15.1 Å². The predicted molar refractivity (Wildman–Crippen MR) is 73.9 cm³/mol. The maximum atomic E-state index is 12.1. The van der Waals surface area contributed by atoms with Gasteiger partial charge in [0.05, 0.1) is 5.52 Å². The van der Waals surface area contributed by atoms with Crippen LogP contribution in [0.15, 0.2) is 27.5 Å². The van der Waals surface area contributed by atoms with Crippen molar-refractivity contribution < 1.29 is 9.63 Å². The Morgan fingerprint density at radius 1 is 1.45 bits per heavy atom. The Bertz CT molecular complexity index is 854. The molecule has 2 aromatic heterocycles. The highest BCUT2D eigenvalue weighted by atomic mass is 35.5. The molecule has 0 spiro atoms. The number of H-pyrrole nitrogens is 1. The number of hydrogen-bond acceptors (Lipinski definition) is 5. The van der Waals surface area contributed by atoms with Gasteiger partial charge in [0.2, 0.25) is 0 Å². The molecular weight excluding hydrogens is 282 g/mol. The molecule has 0 aliphatic heterocycles. The van der Waals surface area contributed by atoms with Gasteiger partial charge in [-0.25, -0.2) is 0 Å². The Kier molecular flexibility index (Phi) is 2.94. The molecule has 0 aliphatic rings. The molecule has 6 nitrogen and oxygen atoms in total. The first-order chi connectivity index (χ1) is 9.60. The summed E-state index contributed by atoms with van der Waals surface area (Å²) in [6, 6.07) is 4.80. The van der Waals surface area contributed by atoms with Crippen LogP contribution in [0.4, 0.5) is 0 Å². The number of fused-ring (bicyclic) bond motifs is 1. The number of nitrogens with one attached hydrogen (secondary N) is 1. The quantitative estimate of drug-likeness (QED) is 0.757. The highest BCUT2D eigenvalue weighted by molar-refractivity contribution is 6.31. The highest BCUT2D eigenvalue weighted by Crippen LogP contribution is 2.32. The zero-order valence-corrected chi connectivity index (χ0v) is 11.2. The molecule has 0 fully saturated rings. The van der Waals surface area contributed by atoms with Gasteiger partial charge in [-0.15, -0.1) is 0 Å². The van der Waals surface area contributed by atoms with E-state index in [9.17, 15) is 9.90 Å². The Balaban J connectivity index is 2.32. The van der Waals surface area contributed by atoms with Gasteiger partial charge < -0.3 is 14.6 Å². The van der Waals surface area contributed by atoms with Crippen molar-refractivity contribution in [3.05, 3.63) is 39.4 Å². The molecule has 0 radical (unpaired) electrons. The van der Waals surface area contributed by atoms with E-state index in [1.165, 1.54) is 0 Å². The monoisotopic (exact) mass is 291 g/mol. The van der Waals surface area contributed by atoms with E-state index in [4.69, 9.17) is 16.1 Å². The molecule has 7 heteroatoms. The number of hydrogen-bond donors (Lipinski definition) is 2. The molecule has 0 unspecified atom stereocenters. The fraction of sp³-hybridized carbons (Fsp3) is 0.154. The third-order valence-electron chi connectivity index (χ3n) is 2.95. The average molecular weight is 292 g/mol. The van der Waals surface area contributed by atoms with E-state index in [1.807, 2.05) is 6.92 Å². The van der Waals surface area contributed by atoms with Crippen molar-refractivity contribution in [3.8, 4) is 17.2 Å². The first-order valence-corrected chi connectivity index (χ1v) is 6.35. The summed E-state index contributed by atoms with van der Waals surface area (Å²) >= 11 is 5.90. The molecule has 0 amide bonds. The molecular formula is C13H10ClN3O3. The summed E-state index contributed by atoms with van der Waals surface area (Å²) in [4.78, 5) is 18.8. The lowest BCUT2D eigenvalue weighted by Crippen LogP contribution is -2.09. The second kappa shape index (κ2) is 4.64. The van der Waals surface area contributed by atoms with Gasteiger partial charge in [0.15, 0.2) is 5.82 Å². The normalized spacial score (nSPS) is 11.1. The van der Waals surface area contributed by atoms with E-state index in [1.54, 1.807) is 18.2 Å². The number of rotatable bonds is 2. The number of halogens is 1. The molecule has 102 valence electrons. The first-order valence-electron chi connectivity index (χ1n) is 5.97. The predicted octanol–water partition coefficient (Wildman–Crippen LogP) is 2.50. The maximum absolute atomic E-state index is 12.1. The molecule has 0 atom stereocenters. The minimum atomic E-state index is -0.497. The van der Waals surface area contributed by atoms with Crippen LogP contribution < -0.4 is 5.56 Å².